The number of pyridine rings is 1. The van der Waals surface area contributed by atoms with E-state index in [0.29, 0.717) is 10.9 Å². The van der Waals surface area contributed by atoms with Crippen LogP contribution in [-0.4, -0.2) is 14.3 Å². The SMILES string of the molecule is Cc1nsc(Oc2cccnc2)n1. The molecule has 0 bridgehead atoms. The Morgan fingerprint density at radius 3 is 3.00 bits per heavy atom. The van der Waals surface area contributed by atoms with Gasteiger partial charge in [-0.15, -0.1) is 0 Å². The van der Waals surface area contributed by atoms with Gasteiger partial charge in [0.05, 0.1) is 6.20 Å². The average Bonchev–Trinajstić information content (AvgIpc) is 2.53. The van der Waals surface area contributed by atoms with Gasteiger partial charge in [0.15, 0.2) is 0 Å². The van der Waals surface area contributed by atoms with Crippen LogP contribution < -0.4 is 4.74 Å². The van der Waals surface area contributed by atoms with E-state index in [1.54, 1.807) is 12.4 Å². The molecule has 0 N–H and O–H groups in total. The first kappa shape index (κ1) is 8.12. The zero-order valence-corrected chi connectivity index (χ0v) is 7.78. The standard InChI is InChI=1S/C8H7N3OS/c1-6-10-8(13-11-6)12-7-3-2-4-9-5-7/h2-5H,1H3. The molecule has 4 nitrogen and oxygen atoms in total. The molecule has 0 fully saturated rings. The van der Waals surface area contributed by atoms with Crippen molar-refractivity contribution >= 4 is 11.5 Å². The highest BCUT2D eigenvalue weighted by Crippen LogP contribution is 2.21. The zero-order chi connectivity index (χ0) is 9.10. The van der Waals surface area contributed by atoms with Gasteiger partial charge >= 0.3 is 0 Å². The molecule has 0 aliphatic carbocycles. The molecule has 5 heteroatoms. The summed E-state index contributed by atoms with van der Waals surface area (Å²) < 4.78 is 9.38. The summed E-state index contributed by atoms with van der Waals surface area (Å²) in [6.07, 6.45) is 3.33. The predicted molar refractivity (Wildman–Crippen MR) is 49.0 cm³/mol. The van der Waals surface area contributed by atoms with E-state index in [-0.39, 0.29) is 0 Å². The van der Waals surface area contributed by atoms with E-state index in [1.807, 2.05) is 19.1 Å². The molecule has 0 atom stereocenters. The van der Waals surface area contributed by atoms with Crippen molar-refractivity contribution in [1.29, 1.82) is 0 Å². The van der Waals surface area contributed by atoms with Gasteiger partial charge < -0.3 is 4.74 Å². The lowest BCUT2D eigenvalue weighted by Gasteiger charge is -1.97. The molecule has 0 saturated heterocycles. The van der Waals surface area contributed by atoms with Gasteiger partial charge in [0, 0.05) is 17.7 Å². The molecular weight excluding hydrogens is 186 g/mol. The Kier molecular flexibility index (Phi) is 2.18. The first-order valence-electron chi connectivity index (χ1n) is 3.73. The summed E-state index contributed by atoms with van der Waals surface area (Å²) in [4.78, 5) is 7.98. The molecule has 0 saturated carbocycles. The van der Waals surface area contributed by atoms with Crippen LogP contribution in [0.25, 0.3) is 0 Å². The van der Waals surface area contributed by atoms with Crippen LogP contribution in [0, 0.1) is 6.92 Å². The van der Waals surface area contributed by atoms with Crippen molar-refractivity contribution in [2.45, 2.75) is 6.92 Å². The minimum atomic E-state index is 0.547. The Labute approximate surface area is 79.4 Å². The van der Waals surface area contributed by atoms with E-state index in [4.69, 9.17) is 4.74 Å². The van der Waals surface area contributed by atoms with Gasteiger partial charge in [0.1, 0.15) is 11.6 Å². The normalized spacial score (nSPS) is 9.92. The molecule has 66 valence electrons. The van der Waals surface area contributed by atoms with Crippen molar-refractivity contribution in [2.24, 2.45) is 0 Å². The first-order valence-corrected chi connectivity index (χ1v) is 4.50. The Balaban J connectivity index is 2.15. The summed E-state index contributed by atoms with van der Waals surface area (Å²) in [6, 6.07) is 3.63. The maximum Gasteiger partial charge on any atom is 0.298 e. The Morgan fingerprint density at radius 2 is 2.38 bits per heavy atom. The maximum atomic E-state index is 5.38. The third-order valence-corrected chi connectivity index (χ3v) is 2.03. The van der Waals surface area contributed by atoms with E-state index < -0.39 is 0 Å². The zero-order valence-electron chi connectivity index (χ0n) is 6.97. The van der Waals surface area contributed by atoms with E-state index in [0.717, 1.165) is 5.82 Å². The van der Waals surface area contributed by atoms with Crippen molar-refractivity contribution in [1.82, 2.24) is 14.3 Å². The van der Waals surface area contributed by atoms with Crippen molar-refractivity contribution in [3.05, 3.63) is 30.4 Å². The topological polar surface area (TPSA) is 47.9 Å². The number of rotatable bonds is 2. The third-order valence-electron chi connectivity index (χ3n) is 1.35. The number of aromatic nitrogens is 3. The molecule has 0 aliphatic heterocycles. The highest BCUT2D eigenvalue weighted by Gasteiger charge is 2.01. The number of hydrogen-bond donors (Lipinski definition) is 0. The summed E-state index contributed by atoms with van der Waals surface area (Å²) in [7, 11) is 0. The fraction of sp³-hybridized carbons (Fsp3) is 0.125. The molecule has 0 amide bonds. The average molecular weight is 193 g/mol. The van der Waals surface area contributed by atoms with Crippen LogP contribution in [0.3, 0.4) is 0 Å². The molecule has 0 aliphatic rings. The van der Waals surface area contributed by atoms with E-state index >= 15 is 0 Å². The summed E-state index contributed by atoms with van der Waals surface area (Å²) in [5, 5.41) is 0.547. The molecule has 2 aromatic heterocycles. The highest BCUT2D eigenvalue weighted by atomic mass is 32.1. The minimum absolute atomic E-state index is 0.547. The Hall–Kier alpha value is -1.49. The number of ether oxygens (including phenoxy) is 1. The second-order valence-electron chi connectivity index (χ2n) is 2.40. The summed E-state index contributed by atoms with van der Waals surface area (Å²) >= 11 is 1.23. The van der Waals surface area contributed by atoms with Gasteiger partial charge in [-0.25, -0.2) is 0 Å². The second-order valence-corrected chi connectivity index (χ2v) is 3.11. The van der Waals surface area contributed by atoms with Crippen molar-refractivity contribution in [3.8, 4) is 10.9 Å². The molecule has 2 aromatic rings. The maximum absolute atomic E-state index is 5.38. The molecule has 0 radical (unpaired) electrons. The molecule has 13 heavy (non-hydrogen) atoms. The monoisotopic (exact) mass is 193 g/mol. The second kappa shape index (κ2) is 3.49. The predicted octanol–water partition coefficient (Wildman–Crippen LogP) is 2.03. The number of aryl methyl sites for hydroxylation is 1. The smallest absolute Gasteiger partial charge is 0.298 e. The quantitative estimate of drug-likeness (QED) is 0.732. The van der Waals surface area contributed by atoms with Crippen LogP contribution >= 0.6 is 11.5 Å². The number of hydrogen-bond acceptors (Lipinski definition) is 5. The lowest BCUT2D eigenvalue weighted by atomic mass is 10.5. The van der Waals surface area contributed by atoms with E-state index in [9.17, 15) is 0 Å². The molecule has 2 rings (SSSR count). The summed E-state index contributed by atoms with van der Waals surface area (Å²) in [6.45, 7) is 1.83. The first-order chi connectivity index (χ1) is 6.34. The molecule has 0 aromatic carbocycles. The lowest BCUT2D eigenvalue weighted by Crippen LogP contribution is -1.83. The third kappa shape index (κ3) is 2.00. The molecular formula is C8H7N3OS. The Bertz CT molecular complexity index is 387. The van der Waals surface area contributed by atoms with Crippen molar-refractivity contribution in [3.63, 3.8) is 0 Å². The van der Waals surface area contributed by atoms with Crippen LogP contribution in [-0.2, 0) is 0 Å². The fourth-order valence-electron chi connectivity index (χ4n) is 0.828. The minimum Gasteiger partial charge on any atom is -0.428 e. The molecule has 0 spiro atoms. The van der Waals surface area contributed by atoms with Crippen LogP contribution in [0.15, 0.2) is 24.5 Å². The summed E-state index contributed by atoms with van der Waals surface area (Å²) in [5.74, 6) is 1.41. The largest absolute Gasteiger partial charge is 0.428 e. The van der Waals surface area contributed by atoms with Gasteiger partial charge in [-0.3, -0.25) is 4.98 Å². The fourth-order valence-corrected chi connectivity index (χ4v) is 1.39. The van der Waals surface area contributed by atoms with Crippen LogP contribution in [0.5, 0.6) is 10.9 Å². The van der Waals surface area contributed by atoms with Crippen molar-refractivity contribution in [2.75, 3.05) is 0 Å². The lowest BCUT2D eigenvalue weighted by molar-refractivity contribution is 0.475. The summed E-state index contributed by atoms with van der Waals surface area (Å²) in [5.41, 5.74) is 0. The van der Waals surface area contributed by atoms with Gasteiger partial charge in [0.25, 0.3) is 5.19 Å². The van der Waals surface area contributed by atoms with E-state index in [1.165, 1.54) is 11.5 Å². The Morgan fingerprint density at radius 1 is 1.46 bits per heavy atom. The van der Waals surface area contributed by atoms with Crippen LogP contribution in [0.4, 0.5) is 0 Å². The van der Waals surface area contributed by atoms with Crippen molar-refractivity contribution < 1.29 is 4.74 Å². The van der Waals surface area contributed by atoms with Crippen LogP contribution in [0.1, 0.15) is 5.82 Å². The van der Waals surface area contributed by atoms with Crippen LogP contribution in [0.2, 0.25) is 0 Å². The van der Waals surface area contributed by atoms with Gasteiger partial charge in [-0.2, -0.15) is 9.36 Å². The highest BCUT2D eigenvalue weighted by molar-refractivity contribution is 7.07. The van der Waals surface area contributed by atoms with Gasteiger partial charge in [-0.05, 0) is 19.1 Å². The number of nitrogens with zero attached hydrogens (tertiary/aromatic N) is 3. The molecule has 0 unspecified atom stereocenters. The van der Waals surface area contributed by atoms with Gasteiger partial charge in [0.2, 0.25) is 0 Å². The van der Waals surface area contributed by atoms with E-state index in [2.05, 4.69) is 14.3 Å². The van der Waals surface area contributed by atoms with Gasteiger partial charge in [-0.1, -0.05) is 0 Å². The molecule has 2 heterocycles.